The minimum absolute atomic E-state index is 0.00132. The van der Waals surface area contributed by atoms with Crippen molar-refractivity contribution >= 4 is 51.4 Å². The molecule has 36 heavy (non-hydrogen) atoms. The minimum Gasteiger partial charge on any atom is -0.495 e. The lowest BCUT2D eigenvalue weighted by atomic mass is 9.97. The van der Waals surface area contributed by atoms with Gasteiger partial charge in [0.2, 0.25) is 0 Å². The van der Waals surface area contributed by atoms with Gasteiger partial charge in [-0.1, -0.05) is 29.8 Å². The Morgan fingerprint density at radius 1 is 1.19 bits per heavy atom. The third kappa shape index (κ3) is 5.21. The summed E-state index contributed by atoms with van der Waals surface area (Å²) in [6, 6.07) is 5.42. The molecule has 3 aromatic rings. The molecule has 1 aromatic carbocycles. The van der Waals surface area contributed by atoms with Crippen molar-refractivity contribution in [1.29, 1.82) is 0 Å². The van der Waals surface area contributed by atoms with Gasteiger partial charge in [0.25, 0.3) is 0 Å². The average Bonchev–Trinajstić information content (AvgIpc) is 3.30. The number of pyridine rings is 2. The van der Waals surface area contributed by atoms with Gasteiger partial charge < -0.3 is 24.8 Å². The molecule has 3 heterocycles. The summed E-state index contributed by atoms with van der Waals surface area (Å²) in [7, 11) is 3.06. The number of carbonyl (C=O) groups excluding carboxylic acids is 1. The highest BCUT2D eigenvalue weighted by molar-refractivity contribution is 6.41. The summed E-state index contributed by atoms with van der Waals surface area (Å²) in [5, 5.41) is 9.14. The van der Waals surface area contributed by atoms with Crippen molar-refractivity contribution in [3.05, 3.63) is 47.1 Å². The third-order valence-electron chi connectivity index (χ3n) is 6.11. The zero-order valence-corrected chi connectivity index (χ0v) is 21.9. The quantitative estimate of drug-likeness (QED) is 0.326. The highest BCUT2D eigenvalue weighted by atomic mass is 35.5. The summed E-state index contributed by atoms with van der Waals surface area (Å²) in [4.78, 5) is 21.3. The Labute approximate surface area is 220 Å². The average molecular weight is 531 g/mol. The van der Waals surface area contributed by atoms with Crippen LogP contribution in [0.4, 0.5) is 11.6 Å². The van der Waals surface area contributed by atoms with Crippen LogP contribution >= 0.6 is 23.2 Å². The number of nitrogens with one attached hydrogen (secondary N) is 2. The van der Waals surface area contributed by atoms with Crippen molar-refractivity contribution in [2.24, 2.45) is 5.92 Å². The molecular weight excluding hydrogens is 503 g/mol. The number of methoxy groups -OCH3 is 2. The first-order chi connectivity index (χ1) is 17.4. The zero-order chi connectivity index (χ0) is 25.8. The predicted molar refractivity (Wildman–Crippen MR) is 144 cm³/mol. The molecule has 0 saturated carbocycles. The van der Waals surface area contributed by atoms with E-state index in [0.717, 1.165) is 10.8 Å². The predicted octanol–water partition coefficient (Wildman–Crippen LogP) is 5.62. The lowest BCUT2D eigenvalue weighted by molar-refractivity contribution is -0.115. The van der Waals surface area contributed by atoms with Gasteiger partial charge in [-0.15, -0.1) is 0 Å². The summed E-state index contributed by atoms with van der Waals surface area (Å²) in [6.45, 7) is 7.23. The van der Waals surface area contributed by atoms with E-state index < -0.39 is 0 Å². The zero-order valence-electron chi connectivity index (χ0n) is 20.4. The number of hydrogen-bond acceptors (Lipinski definition) is 8. The minimum atomic E-state index is -0.0319. The maximum atomic E-state index is 11.9. The van der Waals surface area contributed by atoms with Gasteiger partial charge in [-0.3, -0.25) is 4.79 Å². The van der Waals surface area contributed by atoms with E-state index in [2.05, 4.69) is 22.2 Å². The van der Waals surface area contributed by atoms with E-state index in [0.29, 0.717) is 70.6 Å². The lowest BCUT2D eigenvalue weighted by Crippen LogP contribution is -2.29. The van der Waals surface area contributed by atoms with Gasteiger partial charge in [0.1, 0.15) is 23.1 Å². The number of halogens is 2. The van der Waals surface area contributed by atoms with E-state index >= 15 is 0 Å². The highest BCUT2D eigenvalue weighted by Crippen LogP contribution is 2.46. The number of ketones is 1. The second kappa shape index (κ2) is 11.3. The van der Waals surface area contributed by atoms with Gasteiger partial charge >= 0.3 is 0 Å². The first-order valence-electron chi connectivity index (χ1n) is 11.5. The Hall–Kier alpha value is -3.07. The van der Waals surface area contributed by atoms with Crippen LogP contribution in [0.25, 0.3) is 22.0 Å². The second-order valence-electron chi connectivity index (χ2n) is 8.38. The Morgan fingerprint density at radius 3 is 2.56 bits per heavy atom. The Morgan fingerprint density at radius 2 is 1.92 bits per heavy atom. The molecule has 4 rings (SSSR count). The molecule has 1 saturated heterocycles. The molecule has 2 N–H and O–H groups in total. The molecule has 8 nitrogen and oxygen atoms in total. The van der Waals surface area contributed by atoms with Crippen LogP contribution in [-0.2, 0) is 9.53 Å². The number of benzene rings is 1. The molecule has 1 fully saturated rings. The van der Waals surface area contributed by atoms with Crippen LogP contribution in [0.5, 0.6) is 11.5 Å². The fourth-order valence-corrected chi connectivity index (χ4v) is 4.95. The standard InChI is InChI=1S/C26H28Cl2N4O4/c1-5-16(33)7-15-12-36-13-19(15)31-22-9-17-14(11-30-22)8-18(32-26(17)29-6-2)23-24(27)20(34-3)10-21(35-4)25(23)28/h5,8-11,15,19H,1,6-7,12-13H2,2-4H3,(H,29,32)(H,30,31)/t15-,19+/m0/s1. The molecule has 2 atom stereocenters. The first kappa shape index (κ1) is 26.0. The molecule has 0 radical (unpaired) electrons. The summed E-state index contributed by atoms with van der Waals surface area (Å²) >= 11 is 13.3. The number of nitrogens with zero attached hydrogens (tertiary/aromatic N) is 2. The molecule has 1 aliphatic heterocycles. The number of allylic oxidation sites excluding steroid dienone is 1. The van der Waals surface area contributed by atoms with Crippen LogP contribution in [-0.4, -0.2) is 55.8 Å². The fourth-order valence-electron chi connectivity index (χ4n) is 4.26. The van der Waals surface area contributed by atoms with Gasteiger partial charge in [0.15, 0.2) is 5.78 Å². The van der Waals surface area contributed by atoms with Gasteiger partial charge in [0, 0.05) is 47.5 Å². The van der Waals surface area contributed by atoms with E-state index in [9.17, 15) is 4.79 Å². The van der Waals surface area contributed by atoms with E-state index in [-0.39, 0.29) is 17.7 Å². The van der Waals surface area contributed by atoms with Crippen LogP contribution in [0.2, 0.25) is 10.0 Å². The maximum Gasteiger partial charge on any atom is 0.155 e. The first-order valence-corrected chi connectivity index (χ1v) is 12.3. The fraction of sp³-hybridized carbons (Fsp3) is 0.346. The van der Waals surface area contributed by atoms with Gasteiger partial charge in [-0.2, -0.15) is 0 Å². The van der Waals surface area contributed by atoms with Crippen molar-refractivity contribution in [3.8, 4) is 22.8 Å². The number of fused-ring (bicyclic) bond motifs is 1. The topological polar surface area (TPSA) is 94.6 Å². The number of rotatable bonds is 10. The second-order valence-corrected chi connectivity index (χ2v) is 9.14. The normalized spacial score (nSPS) is 17.1. The number of hydrogen-bond donors (Lipinski definition) is 2. The number of ether oxygens (including phenoxy) is 3. The maximum absolute atomic E-state index is 11.9. The molecule has 190 valence electrons. The smallest absolute Gasteiger partial charge is 0.155 e. The molecule has 1 aliphatic rings. The van der Waals surface area contributed by atoms with Crippen molar-refractivity contribution in [2.45, 2.75) is 19.4 Å². The molecule has 0 unspecified atom stereocenters. The van der Waals surface area contributed by atoms with Gasteiger partial charge in [-0.05, 0) is 25.1 Å². The van der Waals surface area contributed by atoms with Crippen LogP contribution in [0, 0.1) is 5.92 Å². The van der Waals surface area contributed by atoms with E-state index in [1.54, 1.807) is 12.3 Å². The van der Waals surface area contributed by atoms with Crippen molar-refractivity contribution in [2.75, 3.05) is 44.6 Å². The lowest BCUT2D eigenvalue weighted by Gasteiger charge is -2.19. The van der Waals surface area contributed by atoms with Crippen LogP contribution in [0.15, 0.2) is 37.1 Å². The number of anilines is 2. The molecule has 0 aliphatic carbocycles. The summed E-state index contributed by atoms with van der Waals surface area (Å²) in [5.41, 5.74) is 1.07. The van der Waals surface area contributed by atoms with E-state index in [4.69, 9.17) is 42.4 Å². The molecule has 0 amide bonds. The van der Waals surface area contributed by atoms with E-state index in [1.165, 1.54) is 20.3 Å². The van der Waals surface area contributed by atoms with Crippen LogP contribution in [0.3, 0.4) is 0 Å². The molecule has 0 bridgehead atoms. The van der Waals surface area contributed by atoms with Crippen molar-refractivity contribution < 1.29 is 19.0 Å². The largest absolute Gasteiger partial charge is 0.495 e. The Balaban J connectivity index is 1.75. The molecule has 2 aromatic heterocycles. The monoisotopic (exact) mass is 530 g/mol. The van der Waals surface area contributed by atoms with Crippen molar-refractivity contribution in [1.82, 2.24) is 9.97 Å². The Kier molecular flexibility index (Phi) is 8.18. The molecular formula is C26H28Cl2N4O4. The third-order valence-corrected chi connectivity index (χ3v) is 6.86. The van der Waals surface area contributed by atoms with E-state index in [1.807, 2.05) is 19.1 Å². The van der Waals surface area contributed by atoms with Crippen LogP contribution in [0.1, 0.15) is 13.3 Å². The van der Waals surface area contributed by atoms with Gasteiger partial charge in [0.05, 0.1) is 49.2 Å². The molecule has 0 spiro atoms. The number of aromatic nitrogens is 2. The summed E-state index contributed by atoms with van der Waals surface area (Å²) in [5.74, 6) is 2.24. The van der Waals surface area contributed by atoms with Crippen LogP contribution < -0.4 is 20.1 Å². The number of carbonyl (C=O) groups is 1. The highest BCUT2D eigenvalue weighted by Gasteiger charge is 2.30. The summed E-state index contributed by atoms with van der Waals surface area (Å²) < 4.78 is 16.4. The Bertz CT molecular complexity index is 1270. The molecule has 10 heteroatoms. The summed E-state index contributed by atoms with van der Waals surface area (Å²) in [6.07, 6.45) is 3.50. The SMILES string of the molecule is C=CC(=O)C[C@H]1COC[C@H]1Nc1cc2c(NCC)nc(-c3c(Cl)c(OC)cc(OC)c3Cl)cc2cn1. The van der Waals surface area contributed by atoms with Gasteiger partial charge in [-0.25, -0.2) is 9.97 Å². The van der Waals surface area contributed by atoms with Crippen molar-refractivity contribution in [3.63, 3.8) is 0 Å².